The van der Waals surface area contributed by atoms with Crippen LogP contribution in [0.3, 0.4) is 0 Å². The lowest BCUT2D eigenvalue weighted by Crippen LogP contribution is -2.28. The summed E-state index contributed by atoms with van der Waals surface area (Å²) in [6.45, 7) is 0. The average Bonchev–Trinajstić information content (AvgIpc) is 3.75. The fraction of sp³-hybridized carbons (Fsp3) is 0.0200. The van der Waals surface area contributed by atoms with Crippen molar-refractivity contribution in [3.8, 4) is 33.4 Å². The first-order valence-corrected chi connectivity index (χ1v) is 17.9. The number of fused-ring (bicyclic) bond motifs is 10. The van der Waals surface area contributed by atoms with E-state index in [2.05, 4.69) is 181 Å². The van der Waals surface area contributed by atoms with Gasteiger partial charge in [0.25, 0.3) is 0 Å². The first-order valence-electron chi connectivity index (χ1n) is 17.9. The molecule has 0 spiro atoms. The van der Waals surface area contributed by atoms with Gasteiger partial charge < -0.3 is 4.42 Å². The molecule has 1 unspecified atom stereocenters. The third-order valence-electron chi connectivity index (χ3n) is 11.3. The van der Waals surface area contributed by atoms with E-state index in [0.717, 1.165) is 38.6 Å². The molecule has 52 heavy (non-hydrogen) atoms. The molecular formula is C50H31NO. The Morgan fingerprint density at radius 3 is 1.92 bits per heavy atom. The number of furan rings is 1. The van der Waals surface area contributed by atoms with Crippen LogP contribution in [-0.4, -0.2) is 4.98 Å². The van der Waals surface area contributed by atoms with Crippen LogP contribution >= 0.6 is 0 Å². The molecule has 2 nitrogen and oxygen atoms in total. The quantitative estimate of drug-likeness (QED) is 0.175. The number of nitrogens with zero attached hydrogens (tertiary/aromatic N) is 1. The highest BCUT2D eigenvalue weighted by atomic mass is 16.3. The van der Waals surface area contributed by atoms with Gasteiger partial charge in [0, 0.05) is 28.7 Å². The Kier molecular flexibility index (Phi) is 6.20. The van der Waals surface area contributed by atoms with Gasteiger partial charge in [-0.1, -0.05) is 146 Å². The summed E-state index contributed by atoms with van der Waals surface area (Å²) in [5.74, 6) is 0. The molecule has 8 aromatic carbocycles. The summed E-state index contributed by atoms with van der Waals surface area (Å²) in [5.41, 5.74) is 13.2. The van der Waals surface area contributed by atoms with E-state index in [9.17, 15) is 0 Å². The summed E-state index contributed by atoms with van der Waals surface area (Å²) in [4.78, 5) is 4.23. The molecule has 2 aromatic heterocycles. The maximum Gasteiger partial charge on any atom is 0.144 e. The third-order valence-corrected chi connectivity index (χ3v) is 11.3. The molecule has 2 heterocycles. The molecule has 242 valence electrons. The third kappa shape index (κ3) is 4.03. The predicted molar refractivity (Wildman–Crippen MR) is 215 cm³/mol. The zero-order valence-electron chi connectivity index (χ0n) is 28.3. The van der Waals surface area contributed by atoms with Crippen LogP contribution in [0.1, 0.15) is 22.3 Å². The number of aromatic nitrogens is 1. The standard InChI is InChI=1S/C50H31NO/c1-2-11-37(12-3-1)50(38-25-24-35-23-22-34-10-4-5-13-39(34)42(35)30-38)44-16-8-6-14-40(44)48-45(50)31-43(47-41-15-7-9-17-46(41)52-49(47)48)36-20-18-32(19-21-36)33-26-28-51-29-27-33/h1-31H. The van der Waals surface area contributed by atoms with Gasteiger partial charge in [-0.05, 0) is 102 Å². The van der Waals surface area contributed by atoms with Crippen LogP contribution in [0.2, 0.25) is 0 Å². The highest BCUT2D eigenvalue weighted by molar-refractivity contribution is 6.18. The van der Waals surface area contributed by atoms with Crippen molar-refractivity contribution in [1.82, 2.24) is 4.98 Å². The second kappa shape index (κ2) is 11.1. The van der Waals surface area contributed by atoms with Gasteiger partial charge in [-0.2, -0.15) is 0 Å². The van der Waals surface area contributed by atoms with Gasteiger partial charge in [0.15, 0.2) is 0 Å². The smallest absolute Gasteiger partial charge is 0.144 e. The highest BCUT2D eigenvalue weighted by Gasteiger charge is 2.48. The van der Waals surface area contributed by atoms with E-state index in [-0.39, 0.29) is 0 Å². The Morgan fingerprint density at radius 1 is 0.423 bits per heavy atom. The molecule has 1 atom stereocenters. The van der Waals surface area contributed by atoms with Crippen molar-refractivity contribution in [3.05, 3.63) is 211 Å². The number of para-hydroxylation sites is 1. The SMILES string of the molecule is c1ccc(C2(c3ccc4ccc5ccccc5c4c3)c3ccccc3-c3c2cc(-c2ccc(-c4ccncc4)cc2)c2c3oc3ccccc32)cc1. The van der Waals surface area contributed by atoms with E-state index in [0.29, 0.717) is 0 Å². The van der Waals surface area contributed by atoms with E-state index in [4.69, 9.17) is 4.42 Å². The second-order valence-electron chi connectivity index (χ2n) is 13.8. The molecule has 0 bridgehead atoms. The molecule has 0 saturated carbocycles. The maximum atomic E-state index is 6.99. The summed E-state index contributed by atoms with van der Waals surface area (Å²) in [5, 5.41) is 7.27. The van der Waals surface area contributed by atoms with Gasteiger partial charge in [0.1, 0.15) is 11.2 Å². The van der Waals surface area contributed by atoms with Gasteiger partial charge >= 0.3 is 0 Å². The van der Waals surface area contributed by atoms with Crippen molar-refractivity contribution in [2.75, 3.05) is 0 Å². The van der Waals surface area contributed by atoms with E-state index in [1.165, 1.54) is 60.5 Å². The molecule has 0 radical (unpaired) electrons. The van der Waals surface area contributed by atoms with E-state index < -0.39 is 5.41 Å². The maximum absolute atomic E-state index is 6.99. The summed E-state index contributed by atoms with van der Waals surface area (Å²) in [7, 11) is 0. The average molecular weight is 662 g/mol. The zero-order chi connectivity index (χ0) is 34.2. The Hall–Kier alpha value is -6.77. The molecule has 11 rings (SSSR count). The molecule has 10 aromatic rings. The molecular weight excluding hydrogens is 631 g/mol. The fourth-order valence-electron chi connectivity index (χ4n) is 8.96. The molecule has 0 amide bonds. The Bertz CT molecular complexity index is 3000. The van der Waals surface area contributed by atoms with E-state index in [1.807, 2.05) is 12.4 Å². The molecule has 0 fully saturated rings. The van der Waals surface area contributed by atoms with Gasteiger partial charge in [-0.25, -0.2) is 0 Å². The number of pyridine rings is 1. The Labute approximate surface area is 301 Å². The number of hydrogen-bond acceptors (Lipinski definition) is 2. The fourth-order valence-corrected chi connectivity index (χ4v) is 8.96. The first kappa shape index (κ1) is 29.0. The van der Waals surface area contributed by atoms with Gasteiger partial charge in [-0.3, -0.25) is 4.98 Å². The van der Waals surface area contributed by atoms with Crippen LogP contribution in [0, 0.1) is 0 Å². The highest BCUT2D eigenvalue weighted by Crippen LogP contribution is 2.60. The number of hydrogen-bond donors (Lipinski definition) is 0. The lowest BCUT2D eigenvalue weighted by atomic mass is 9.67. The van der Waals surface area contributed by atoms with Crippen LogP contribution < -0.4 is 0 Å². The Morgan fingerprint density at radius 2 is 1.08 bits per heavy atom. The van der Waals surface area contributed by atoms with Crippen LogP contribution in [0.15, 0.2) is 193 Å². The van der Waals surface area contributed by atoms with Crippen LogP contribution in [0.5, 0.6) is 0 Å². The number of benzene rings is 8. The summed E-state index contributed by atoms with van der Waals surface area (Å²) >= 11 is 0. The van der Waals surface area contributed by atoms with Crippen molar-refractivity contribution in [1.29, 1.82) is 0 Å². The van der Waals surface area contributed by atoms with Crippen molar-refractivity contribution < 1.29 is 4.42 Å². The van der Waals surface area contributed by atoms with Crippen molar-refractivity contribution in [2.24, 2.45) is 0 Å². The summed E-state index contributed by atoms with van der Waals surface area (Å²) in [6, 6.07) is 64.3. The summed E-state index contributed by atoms with van der Waals surface area (Å²) in [6.07, 6.45) is 3.70. The van der Waals surface area contributed by atoms with Crippen LogP contribution in [0.4, 0.5) is 0 Å². The van der Waals surface area contributed by atoms with Crippen LogP contribution in [0.25, 0.3) is 76.9 Å². The van der Waals surface area contributed by atoms with E-state index >= 15 is 0 Å². The predicted octanol–water partition coefficient (Wildman–Crippen LogP) is 13.0. The van der Waals surface area contributed by atoms with Crippen molar-refractivity contribution in [2.45, 2.75) is 5.41 Å². The van der Waals surface area contributed by atoms with E-state index in [1.54, 1.807) is 0 Å². The molecule has 1 aliphatic carbocycles. The second-order valence-corrected chi connectivity index (χ2v) is 13.8. The molecule has 0 N–H and O–H groups in total. The lowest BCUT2D eigenvalue weighted by molar-refractivity contribution is 0.669. The van der Waals surface area contributed by atoms with Crippen LogP contribution in [-0.2, 0) is 5.41 Å². The Balaban J connectivity index is 1.28. The van der Waals surface area contributed by atoms with Crippen molar-refractivity contribution in [3.63, 3.8) is 0 Å². The molecule has 2 heteroatoms. The number of rotatable bonds is 4. The minimum Gasteiger partial charge on any atom is -0.455 e. The topological polar surface area (TPSA) is 26.0 Å². The first-order chi connectivity index (χ1) is 25.8. The van der Waals surface area contributed by atoms with Crippen molar-refractivity contribution >= 4 is 43.5 Å². The molecule has 0 aliphatic heterocycles. The summed E-state index contributed by atoms with van der Waals surface area (Å²) < 4.78 is 6.99. The van der Waals surface area contributed by atoms with Gasteiger partial charge in [-0.15, -0.1) is 0 Å². The molecule has 1 aliphatic rings. The van der Waals surface area contributed by atoms with Gasteiger partial charge in [0.05, 0.1) is 5.41 Å². The zero-order valence-corrected chi connectivity index (χ0v) is 28.3. The monoisotopic (exact) mass is 661 g/mol. The molecule has 0 saturated heterocycles. The van der Waals surface area contributed by atoms with Gasteiger partial charge in [0.2, 0.25) is 0 Å². The lowest BCUT2D eigenvalue weighted by Gasteiger charge is -2.34. The largest absolute Gasteiger partial charge is 0.455 e. The normalized spacial score (nSPS) is 15.0. The minimum atomic E-state index is -0.600. The minimum absolute atomic E-state index is 0.600.